The third kappa shape index (κ3) is 5.72. The minimum Gasteiger partial charge on any atom is -0.392 e. The van der Waals surface area contributed by atoms with Gasteiger partial charge >= 0.3 is 6.18 Å². The van der Waals surface area contributed by atoms with Crippen LogP contribution in [0.5, 0.6) is 0 Å². The molecular weight excluding hydrogens is 611 g/mol. The van der Waals surface area contributed by atoms with Crippen molar-refractivity contribution < 1.29 is 23.1 Å². The fourth-order valence-corrected chi connectivity index (χ4v) is 5.78. The van der Waals surface area contributed by atoms with Crippen LogP contribution >= 0.6 is 28.1 Å². The number of alkyl halides is 3. The van der Waals surface area contributed by atoms with Crippen molar-refractivity contribution in [2.45, 2.75) is 64.4 Å². The van der Waals surface area contributed by atoms with E-state index in [0.29, 0.717) is 42.1 Å². The summed E-state index contributed by atoms with van der Waals surface area (Å²) in [6.07, 6.45) is -2.52. The van der Waals surface area contributed by atoms with Crippen molar-refractivity contribution in [3.05, 3.63) is 78.5 Å². The molecule has 1 aliphatic rings. The number of nitrogens with zero attached hydrogens (tertiary/aromatic N) is 3. The van der Waals surface area contributed by atoms with Crippen LogP contribution in [0.25, 0.3) is 5.69 Å². The molecule has 1 aliphatic heterocycles. The lowest BCUT2D eigenvalue weighted by Crippen LogP contribution is -2.56. The van der Waals surface area contributed by atoms with Crippen molar-refractivity contribution in [1.82, 2.24) is 19.4 Å². The van der Waals surface area contributed by atoms with Gasteiger partial charge in [0.2, 0.25) is 0 Å². The zero-order valence-electron chi connectivity index (χ0n) is 22.1. The molecule has 0 spiro atoms. The number of benzene rings is 1. The molecule has 1 atom stereocenters. The SMILES string of the molecule is CCC1(CC)Cc2c([nH]c(=S)n(-c3ccc(NC[C@@H](C)O)nc3)c2=O)CN1C(=O)c1ccc(Br)c(C(F)(F)F)c1. The fraction of sp³-hybridized carbons (Fsp3) is 0.407. The van der Waals surface area contributed by atoms with Crippen LogP contribution in [0.3, 0.4) is 0 Å². The maximum atomic E-state index is 13.8. The van der Waals surface area contributed by atoms with Gasteiger partial charge < -0.3 is 20.3 Å². The average molecular weight is 641 g/mol. The minimum atomic E-state index is -4.63. The van der Waals surface area contributed by atoms with Crippen LogP contribution in [-0.4, -0.2) is 48.6 Å². The summed E-state index contributed by atoms with van der Waals surface area (Å²) in [6.45, 7) is 5.74. The molecule has 0 bridgehead atoms. The number of aliphatic hydroxyl groups is 1. The normalized spacial score (nSPS) is 15.4. The molecule has 3 aromatic rings. The van der Waals surface area contributed by atoms with E-state index in [4.69, 9.17) is 12.2 Å². The highest BCUT2D eigenvalue weighted by Crippen LogP contribution is 2.38. The Morgan fingerprint density at radius 2 is 1.98 bits per heavy atom. The van der Waals surface area contributed by atoms with Crippen LogP contribution in [0.2, 0.25) is 0 Å². The molecule has 214 valence electrons. The Kier molecular flexibility index (Phi) is 8.57. The number of halogens is 4. The first-order valence-corrected chi connectivity index (χ1v) is 14.0. The summed E-state index contributed by atoms with van der Waals surface area (Å²) in [5.41, 5.74) is -0.797. The van der Waals surface area contributed by atoms with Gasteiger partial charge in [-0.3, -0.25) is 14.2 Å². The van der Waals surface area contributed by atoms with Crippen LogP contribution in [0.1, 0.15) is 60.8 Å². The molecule has 4 rings (SSSR count). The third-order valence-electron chi connectivity index (χ3n) is 7.35. The molecule has 0 radical (unpaired) electrons. The maximum Gasteiger partial charge on any atom is 0.417 e. The summed E-state index contributed by atoms with van der Waals surface area (Å²) in [7, 11) is 0. The highest BCUT2D eigenvalue weighted by Gasteiger charge is 2.43. The zero-order chi connectivity index (χ0) is 29.4. The molecular formula is C27H29BrF3N5O3S. The molecule has 13 heteroatoms. The Balaban J connectivity index is 1.75. The van der Waals surface area contributed by atoms with E-state index in [9.17, 15) is 27.9 Å². The molecule has 1 amide bonds. The van der Waals surface area contributed by atoms with Gasteiger partial charge in [-0.1, -0.05) is 29.8 Å². The molecule has 0 aliphatic carbocycles. The Hall–Kier alpha value is -3.03. The predicted molar refractivity (Wildman–Crippen MR) is 151 cm³/mol. The first-order valence-electron chi connectivity index (χ1n) is 12.8. The number of H-pyrrole nitrogens is 1. The van der Waals surface area contributed by atoms with E-state index < -0.39 is 29.3 Å². The van der Waals surface area contributed by atoms with Crippen molar-refractivity contribution in [3.8, 4) is 5.69 Å². The summed E-state index contributed by atoms with van der Waals surface area (Å²) < 4.78 is 41.9. The number of aromatic amines is 1. The Labute approximate surface area is 242 Å². The molecule has 40 heavy (non-hydrogen) atoms. The molecule has 0 unspecified atom stereocenters. The van der Waals surface area contributed by atoms with Crippen molar-refractivity contribution in [2.75, 3.05) is 11.9 Å². The van der Waals surface area contributed by atoms with Gasteiger partial charge in [-0.25, -0.2) is 4.98 Å². The first kappa shape index (κ1) is 29.9. The molecule has 1 aromatic carbocycles. The van der Waals surface area contributed by atoms with Crippen LogP contribution in [0.15, 0.2) is 45.8 Å². The first-order chi connectivity index (χ1) is 18.8. The van der Waals surface area contributed by atoms with Gasteiger partial charge in [0, 0.05) is 39.8 Å². The lowest BCUT2D eigenvalue weighted by Gasteiger charge is -2.47. The number of rotatable bonds is 7. The number of anilines is 1. The second-order valence-corrected chi connectivity index (χ2v) is 11.1. The second kappa shape index (κ2) is 11.5. The van der Waals surface area contributed by atoms with Gasteiger partial charge in [-0.2, -0.15) is 13.2 Å². The Morgan fingerprint density at radius 1 is 1.27 bits per heavy atom. The van der Waals surface area contributed by atoms with Gasteiger partial charge in [0.05, 0.1) is 30.1 Å². The Bertz CT molecular complexity index is 1530. The van der Waals surface area contributed by atoms with E-state index in [1.54, 1.807) is 24.0 Å². The molecule has 3 N–H and O–H groups in total. The number of fused-ring (bicyclic) bond motifs is 1. The monoisotopic (exact) mass is 639 g/mol. The predicted octanol–water partition coefficient (Wildman–Crippen LogP) is 5.62. The smallest absolute Gasteiger partial charge is 0.392 e. The number of carbonyl (C=O) groups excluding carboxylic acids is 1. The van der Waals surface area contributed by atoms with Crippen LogP contribution in [0.4, 0.5) is 19.0 Å². The van der Waals surface area contributed by atoms with Gasteiger partial charge in [0.25, 0.3) is 11.5 Å². The lowest BCUT2D eigenvalue weighted by atomic mass is 9.80. The molecule has 0 fully saturated rings. The number of aromatic nitrogens is 3. The minimum absolute atomic E-state index is 0.00651. The molecule has 2 aromatic heterocycles. The standard InChI is InChI=1S/C27H29BrF3N5O3S/c1-4-26(5-2)11-18-21(14-35(26)23(38)16-6-8-20(28)19(10-16)27(29,30)31)34-25(40)36(24(18)39)17-7-9-22(33-13-17)32-12-15(3)37/h6-10,13,15,37H,4-5,11-12,14H2,1-3H3,(H,32,33)(H,34,40)/t15-/m1/s1. The largest absolute Gasteiger partial charge is 0.417 e. The number of amides is 1. The summed E-state index contributed by atoms with van der Waals surface area (Å²) >= 11 is 8.43. The summed E-state index contributed by atoms with van der Waals surface area (Å²) in [6, 6.07) is 6.80. The zero-order valence-corrected chi connectivity index (χ0v) is 24.5. The molecule has 3 heterocycles. The van der Waals surface area contributed by atoms with Crippen LogP contribution < -0.4 is 10.9 Å². The highest BCUT2D eigenvalue weighted by atomic mass is 79.9. The number of pyridine rings is 1. The quantitative estimate of drug-likeness (QED) is 0.290. The third-order valence-corrected chi connectivity index (χ3v) is 8.32. The number of hydrogen-bond donors (Lipinski definition) is 3. The summed E-state index contributed by atoms with van der Waals surface area (Å²) in [5, 5.41) is 12.4. The average Bonchev–Trinajstić information content (AvgIpc) is 2.91. The Morgan fingerprint density at radius 3 is 2.55 bits per heavy atom. The van der Waals surface area contributed by atoms with Crippen molar-refractivity contribution in [3.63, 3.8) is 0 Å². The van der Waals surface area contributed by atoms with E-state index in [2.05, 4.69) is 31.2 Å². The van der Waals surface area contributed by atoms with Crippen molar-refractivity contribution in [1.29, 1.82) is 0 Å². The number of carbonyl (C=O) groups is 1. The van der Waals surface area contributed by atoms with Crippen molar-refractivity contribution in [2.24, 2.45) is 0 Å². The van der Waals surface area contributed by atoms with E-state index >= 15 is 0 Å². The fourth-order valence-electron chi connectivity index (χ4n) is 4.99. The van der Waals surface area contributed by atoms with E-state index in [-0.39, 0.29) is 33.3 Å². The van der Waals surface area contributed by atoms with Gasteiger partial charge in [0.15, 0.2) is 4.77 Å². The molecule has 0 saturated carbocycles. The number of hydrogen-bond acceptors (Lipinski definition) is 6. The number of nitrogens with one attached hydrogen (secondary N) is 2. The van der Waals surface area contributed by atoms with Crippen LogP contribution in [0, 0.1) is 4.77 Å². The van der Waals surface area contributed by atoms with Gasteiger partial charge in [-0.05, 0) is 62.3 Å². The maximum absolute atomic E-state index is 13.8. The number of aliphatic hydroxyl groups excluding tert-OH is 1. The van der Waals surface area contributed by atoms with E-state index in [1.165, 1.54) is 22.9 Å². The van der Waals surface area contributed by atoms with E-state index in [0.717, 1.165) is 6.07 Å². The molecule has 8 nitrogen and oxygen atoms in total. The van der Waals surface area contributed by atoms with E-state index in [1.807, 2.05) is 13.8 Å². The topological polar surface area (TPSA) is 103 Å². The van der Waals surface area contributed by atoms with Gasteiger partial charge in [0.1, 0.15) is 5.82 Å². The highest BCUT2D eigenvalue weighted by molar-refractivity contribution is 9.10. The second-order valence-electron chi connectivity index (χ2n) is 9.85. The van der Waals surface area contributed by atoms with Crippen LogP contribution in [-0.2, 0) is 19.1 Å². The summed E-state index contributed by atoms with van der Waals surface area (Å²) in [5.74, 6) is -0.0300. The molecule has 0 saturated heterocycles. The lowest BCUT2D eigenvalue weighted by molar-refractivity contribution is -0.138. The summed E-state index contributed by atoms with van der Waals surface area (Å²) in [4.78, 5) is 36.4. The van der Waals surface area contributed by atoms with Crippen molar-refractivity contribution >= 4 is 39.9 Å². The van der Waals surface area contributed by atoms with Gasteiger partial charge in [-0.15, -0.1) is 0 Å².